The molecule has 4 heteroatoms. The minimum atomic E-state index is 0.197. The first-order chi connectivity index (χ1) is 5.83. The molecule has 0 aromatic rings. The average Bonchev–Trinajstić information content (AvgIpc) is 2.00. The van der Waals surface area contributed by atoms with E-state index >= 15 is 0 Å². The topological polar surface area (TPSA) is 45.3 Å². The molecule has 1 aliphatic heterocycles. The maximum Gasteiger partial charge on any atom is 0.104 e. The zero-order chi connectivity index (χ0) is 8.81. The lowest BCUT2D eigenvalue weighted by molar-refractivity contribution is -0.0104. The molecule has 1 fully saturated rings. The van der Waals surface area contributed by atoms with Gasteiger partial charge in [0, 0.05) is 33.2 Å². The van der Waals surface area contributed by atoms with Crippen molar-refractivity contribution >= 4 is 0 Å². The van der Waals surface area contributed by atoms with Crippen LogP contribution < -0.4 is 16.1 Å². The van der Waals surface area contributed by atoms with Crippen LogP contribution in [0.25, 0.3) is 0 Å². The smallest absolute Gasteiger partial charge is 0.104 e. The molecule has 0 bridgehead atoms. The van der Waals surface area contributed by atoms with Crippen LogP contribution in [0.4, 0.5) is 0 Å². The molecule has 0 atom stereocenters. The maximum atomic E-state index is 5.25. The van der Waals surface area contributed by atoms with Crippen LogP contribution in [-0.2, 0) is 4.84 Å². The van der Waals surface area contributed by atoms with E-state index in [1.54, 1.807) is 7.05 Å². The average molecular weight is 171 g/mol. The molecule has 0 spiro atoms. The lowest BCUT2D eigenvalue weighted by Gasteiger charge is -2.21. The van der Waals surface area contributed by atoms with E-state index in [2.05, 4.69) is 22.7 Å². The summed E-state index contributed by atoms with van der Waals surface area (Å²) in [5.41, 5.74) is 3.89. The van der Waals surface area contributed by atoms with Gasteiger partial charge in [0.2, 0.25) is 0 Å². The van der Waals surface area contributed by atoms with Gasteiger partial charge >= 0.3 is 0 Å². The number of hydrogen-bond acceptors (Lipinski definition) is 4. The molecule has 0 amide bonds. The van der Waals surface area contributed by atoms with Gasteiger partial charge in [-0.05, 0) is 5.57 Å². The summed E-state index contributed by atoms with van der Waals surface area (Å²) in [5, 5.41) is 6.53. The molecule has 1 aliphatic rings. The van der Waals surface area contributed by atoms with E-state index in [0.29, 0.717) is 0 Å². The SMILES string of the molecule is C=C1CNCC(ONC)CNC1. The van der Waals surface area contributed by atoms with Crippen molar-refractivity contribution in [3.63, 3.8) is 0 Å². The van der Waals surface area contributed by atoms with Gasteiger partial charge in [-0.1, -0.05) is 6.58 Å². The standard InChI is InChI=1S/C8H17N3O/c1-7-3-10-5-8(12-9-2)6-11-4-7/h8-11H,1,3-6H2,2H3. The van der Waals surface area contributed by atoms with E-state index in [0.717, 1.165) is 26.2 Å². The summed E-state index contributed by atoms with van der Waals surface area (Å²) >= 11 is 0. The Labute approximate surface area is 73.3 Å². The first-order valence-electron chi connectivity index (χ1n) is 4.23. The quantitative estimate of drug-likeness (QED) is 0.378. The lowest BCUT2D eigenvalue weighted by atomic mass is 10.2. The third-order valence-electron chi connectivity index (χ3n) is 1.78. The van der Waals surface area contributed by atoms with Gasteiger partial charge in [0.25, 0.3) is 0 Å². The molecule has 70 valence electrons. The summed E-state index contributed by atoms with van der Waals surface area (Å²) in [6.45, 7) is 7.36. The van der Waals surface area contributed by atoms with Gasteiger partial charge in [0.1, 0.15) is 6.10 Å². The molecule has 0 unspecified atom stereocenters. The minimum Gasteiger partial charge on any atom is -0.310 e. The fourth-order valence-electron chi connectivity index (χ4n) is 1.20. The van der Waals surface area contributed by atoms with Gasteiger partial charge in [-0.2, -0.15) is 0 Å². The van der Waals surface area contributed by atoms with Crippen LogP contribution in [0.1, 0.15) is 0 Å². The van der Waals surface area contributed by atoms with Gasteiger partial charge in [-0.25, -0.2) is 5.48 Å². The Bertz CT molecular complexity index is 137. The van der Waals surface area contributed by atoms with Crippen LogP contribution in [0.3, 0.4) is 0 Å². The summed E-state index contributed by atoms with van der Waals surface area (Å²) in [6, 6.07) is 0. The highest BCUT2D eigenvalue weighted by Crippen LogP contribution is 1.92. The molecule has 1 saturated heterocycles. The Morgan fingerprint density at radius 1 is 1.42 bits per heavy atom. The Hall–Kier alpha value is -0.420. The Morgan fingerprint density at radius 2 is 2.00 bits per heavy atom. The lowest BCUT2D eigenvalue weighted by Crippen LogP contribution is -2.44. The largest absolute Gasteiger partial charge is 0.310 e. The molecule has 12 heavy (non-hydrogen) atoms. The molecular formula is C8H17N3O. The van der Waals surface area contributed by atoms with Crippen molar-refractivity contribution in [1.29, 1.82) is 0 Å². The normalized spacial score (nSPS) is 21.9. The maximum absolute atomic E-state index is 5.25. The molecule has 1 rings (SSSR count). The third-order valence-corrected chi connectivity index (χ3v) is 1.78. The van der Waals surface area contributed by atoms with Crippen LogP contribution in [0, 0.1) is 0 Å². The molecule has 0 aromatic heterocycles. The van der Waals surface area contributed by atoms with Crippen molar-refractivity contribution in [1.82, 2.24) is 16.1 Å². The molecule has 4 nitrogen and oxygen atoms in total. The Morgan fingerprint density at radius 3 is 2.50 bits per heavy atom. The molecule has 0 aromatic carbocycles. The van der Waals surface area contributed by atoms with E-state index in [1.165, 1.54) is 5.57 Å². The van der Waals surface area contributed by atoms with Gasteiger partial charge in [0.05, 0.1) is 0 Å². The second kappa shape index (κ2) is 5.27. The van der Waals surface area contributed by atoms with Crippen molar-refractivity contribution in [2.45, 2.75) is 6.10 Å². The van der Waals surface area contributed by atoms with Crippen molar-refractivity contribution in [2.75, 3.05) is 33.2 Å². The van der Waals surface area contributed by atoms with Gasteiger partial charge in [-0.3, -0.25) is 4.84 Å². The summed E-state index contributed by atoms with van der Waals surface area (Å²) in [6.07, 6.45) is 0.197. The molecule has 3 N–H and O–H groups in total. The zero-order valence-corrected chi connectivity index (χ0v) is 7.52. The van der Waals surface area contributed by atoms with Crippen LogP contribution in [0.5, 0.6) is 0 Å². The van der Waals surface area contributed by atoms with Gasteiger partial charge < -0.3 is 10.6 Å². The molecule has 0 saturated carbocycles. The van der Waals surface area contributed by atoms with E-state index < -0.39 is 0 Å². The first-order valence-corrected chi connectivity index (χ1v) is 4.23. The van der Waals surface area contributed by atoms with Gasteiger partial charge in [0.15, 0.2) is 0 Å². The summed E-state index contributed by atoms with van der Waals surface area (Å²) in [5.74, 6) is 0. The van der Waals surface area contributed by atoms with Crippen LogP contribution in [0.15, 0.2) is 12.2 Å². The summed E-state index contributed by atoms with van der Waals surface area (Å²) < 4.78 is 0. The second-order valence-corrected chi connectivity index (χ2v) is 2.96. The van der Waals surface area contributed by atoms with Crippen molar-refractivity contribution in [2.24, 2.45) is 0 Å². The number of nitrogens with one attached hydrogen (secondary N) is 3. The fourth-order valence-corrected chi connectivity index (χ4v) is 1.20. The Balaban J connectivity index is 2.25. The molecule has 1 heterocycles. The number of hydrogen-bond donors (Lipinski definition) is 3. The van der Waals surface area contributed by atoms with E-state index in [1.807, 2.05) is 0 Å². The van der Waals surface area contributed by atoms with E-state index in [-0.39, 0.29) is 6.10 Å². The fraction of sp³-hybridized carbons (Fsp3) is 0.750. The predicted molar refractivity (Wildman–Crippen MR) is 48.8 cm³/mol. The number of rotatable bonds is 2. The second-order valence-electron chi connectivity index (χ2n) is 2.96. The zero-order valence-electron chi connectivity index (χ0n) is 7.52. The van der Waals surface area contributed by atoms with Crippen molar-refractivity contribution in [3.05, 3.63) is 12.2 Å². The first kappa shape index (κ1) is 9.67. The predicted octanol–water partition coefficient (Wildman–Crippen LogP) is -0.745. The highest BCUT2D eigenvalue weighted by atomic mass is 16.7. The molecular weight excluding hydrogens is 154 g/mol. The minimum absolute atomic E-state index is 0.197. The van der Waals surface area contributed by atoms with Crippen LogP contribution >= 0.6 is 0 Å². The highest BCUT2D eigenvalue weighted by molar-refractivity contribution is 5.00. The summed E-state index contributed by atoms with van der Waals surface area (Å²) in [7, 11) is 1.78. The summed E-state index contributed by atoms with van der Waals surface area (Å²) in [4.78, 5) is 5.25. The monoisotopic (exact) mass is 171 g/mol. The number of hydroxylamine groups is 1. The molecule has 0 radical (unpaired) electrons. The van der Waals surface area contributed by atoms with E-state index in [9.17, 15) is 0 Å². The van der Waals surface area contributed by atoms with Crippen LogP contribution in [0.2, 0.25) is 0 Å². The van der Waals surface area contributed by atoms with E-state index in [4.69, 9.17) is 4.84 Å². The van der Waals surface area contributed by atoms with Crippen LogP contribution in [-0.4, -0.2) is 39.3 Å². The molecule has 0 aliphatic carbocycles. The third kappa shape index (κ3) is 3.32. The Kier molecular flexibility index (Phi) is 4.24. The van der Waals surface area contributed by atoms with Crippen molar-refractivity contribution in [3.8, 4) is 0 Å². The highest BCUT2D eigenvalue weighted by Gasteiger charge is 2.10. The van der Waals surface area contributed by atoms with Crippen molar-refractivity contribution < 1.29 is 4.84 Å². The van der Waals surface area contributed by atoms with Gasteiger partial charge in [-0.15, -0.1) is 0 Å².